The van der Waals surface area contributed by atoms with E-state index in [2.05, 4.69) is 5.32 Å². The van der Waals surface area contributed by atoms with Crippen molar-refractivity contribution in [1.29, 1.82) is 0 Å². The Labute approximate surface area is 246 Å². The highest BCUT2D eigenvalue weighted by molar-refractivity contribution is 8.00. The van der Waals surface area contributed by atoms with E-state index >= 15 is 0 Å². The molecule has 0 saturated heterocycles. The number of carboxylic acids is 1. The Morgan fingerprint density at radius 3 is 2.21 bits per heavy atom. The van der Waals surface area contributed by atoms with Crippen molar-refractivity contribution in [2.24, 2.45) is 23.2 Å². The lowest BCUT2D eigenvalue weighted by atomic mass is 9.47. The van der Waals surface area contributed by atoms with Gasteiger partial charge in [0.25, 0.3) is 5.91 Å². The SMILES string of the molecule is COc1ccc2c(OCc3ccc(SC(F)(F)F)cc3)c(C(=O)NC(C(=O)O)C34CC5CC(CC(C5)C3)C4)ccc2c1. The van der Waals surface area contributed by atoms with Gasteiger partial charge in [0.2, 0.25) is 0 Å². The molecule has 0 heterocycles. The van der Waals surface area contributed by atoms with Gasteiger partial charge >= 0.3 is 11.5 Å². The maximum absolute atomic E-state index is 13.8. The zero-order valence-electron chi connectivity index (χ0n) is 23.1. The Morgan fingerprint density at radius 1 is 1.00 bits per heavy atom. The maximum atomic E-state index is 13.8. The summed E-state index contributed by atoms with van der Waals surface area (Å²) < 4.78 is 49.7. The van der Waals surface area contributed by atoms with E-state index in [4.69, 9.17) is 9.47 Å². The molecule has 6 nitrogen and oxygen atoms in total. The second-order valence-electron chi connectivity index (χ2n) is 12.0. The largest absolute Gasteiger partial charge is 0.497 e. The quantitative estimate of drug-likeness (QED) is 0.249. The van der Waals surface area contributed by atoms with Crippen LogP contribution in [-0.4, -0.2) is 35.6 Å². The van der Waals surface area contributed by atoms with Gasteiger partial charge in [-0.2, -0.15) is 13.2 Å². The third kappa shape index (κ3) is 5.78. The third-order valence-corrected chi connectivity index (χ3v) is 9.92. The van der Waals surface area contributed by atoms with Gasteiger partial charge in [-0.15, -0.1) is 0 Å². The Balaban J connectivity index is 1.29. The number of rotatable bonds is 9. The molecule has 42 heavy (non-hydrogen) atoms. The third-order valence-electron chi connectivity index (χ3n) is 9.18. The van der Waals surface area contributed by atoms with Crippen LogP contribution < -0.4 is 14.8 Å². The van der Waals surface area contributed by atoms with Crippen LogP contribution in [-0.2, 0) is 11.4 Å². The molecule has 7 rings (SSSR count). The number of hydrogen-bond acceptors (Lipinski definition) is 5. The second-order valence-corrected chi connectivity index (χ2v) is 13.2. The summed E-state index contributed by atoms with van der Waals surface area (Å²) in [5.41, 5.74) is -4.00. The molecule has 4 aliphatic carbocycles. The second kappa shape index (κ2) is 11.0. The number of ether oxygens (including phenoxy) is 2. The Bertz CT molecular complexity index is 1470. The van der Waals surface area contributed by atoms with Gasteiger partial charge in [0.05, 0.1) is 12.7 Å². The van der Waals surface area contributed by atoms with Crippen LogP contribution >= 0.6 is 11.8 Å². The molecule has 2 N–H and O–H groups in total. The molecule has 4 aliphatic rings. The van der Waals surface area contributed by atoms with Crippen molar-refractivity contribution in [3.05, 3.63) is 65.7 Å². The number of thioether (sulfide) groups is 1. The highest BCUT2D eigenvalue weighted by atomic mass is 32.2. The number of hydrogen-bond donors (Lipinski definition) is 2. The number of carboxylic acid groups (broad SMARTS) is 1. The summed E-state index contributed by atoms with van der Waals surface area (Å²) in [4.78, 5) is 26.5. The first kappa shape index (κ1) is 28.7. The Hall–Kier alpha value is -3.40. The van der Waals surface area contributed by atoms with Gasteiger partial charge in [-0.05, 0) is 115 Å². The number of carbonyl (C=O) groups excluding carboxylic acids is 1. The zero-order valence-corrected chi connectivity index (χ0v) is 23.9. The van der Waals surface area contributed by atoms with Crippen molar-refractivity contribution >= 4 is 34.4 Å². The summed E-state index contributed by atoms with van der Waals surface area (Å²) in [6, 6.07) is 13.6. The number of aliphatic carboxylic acids is 1. The van der Waals surface area contributed by atoms with Gasteiger partial charge < -0.3 is 19.9 Å². The van der Waals surface area contributed by atoms with Crippen LogP contribution in [0.4, 0.5) is 13.2 Å². The van der Waals surface area contributed by atoms with Gasteiger partial charge in [-0.1, -0.05) is 18.2 Å². The molecule has 1 atom stereocenters. The Kier molecular flexibility index (Phi) is 7.53. The van der Waals surface area contributed by atoms with E-state index in [1.165, 1.54) is 12.1 Å². The fourth-order valence-corrected chi connectivity index (χ4v) is 8.44. The van der Waals surface area contributed by atoms with Gasteiger partial charge in [0, 0.05) is 15.7 Å². The van der Waals surface area contributed by atoms with Crippen molar-refractivity contribution in [3.8, 4) is 11.5 Å². The average Bonchev–Trinajstić information content (AvgIpc) is 2.93. The van der Waals surface area contributed by atoms with Crippen molar-refractivity contribution in [2.75, 3.05) is 7.11 Å². The smallest absolute Gasteiger partial charge is 0.446 e. The molecule has 222 valence electrons. The van der Waals surface area contributed by atoms with Crippen molar-refractivity contribution in [3.63, 3.8) is 0 Å². The maximum Gasteiger partial charge on any atom is 0.446 e. The minimum Gasteiger partial charge on any atom is -0.497 e. The van der Waals surface area contributed by atoms with Crippen molar-refractivity contribution in [2.45, 2.75) is 61.6 Å². The summed E-state index contributed by atoms with van der Waals surface area (Å²) >= 11 is -0.190. The topological polar surface area (TPSA) is 84.9 Å². The van der Waals surface area contributed by atoms with E-state index in [1.54, 1.807) is 43.5 Å². The van der Waals surface area contributed by atoms with Crippen LogP contribution in [0.25, 0.3) is 10.8 Å². The van der Waals surface area contributed by atoms with Crippen LogP contribution in [0.1, 0.15) is 54.4 Å². The van der Waals surface area contributed by atoms with Crippen LogP contribution in [0.3, 0.4) is 0 Å². The van der Waals surface area contributed by atoms with Gasteiger partial charge in [0.15, 0.2) is 0 Å². The summed E-state index contributed by atoms with van der Waals surface area (Å²) in [7, 11) is 1.55. The molecule has 4 bridgehead atoms. The number of nitrogens with one attached hydrogen (secondary N) is 1. The van der Waals surface area contributed by atoms with Crippen LogP contribution in [0, 0.1) is 23.2 Å². The molecule has 0 aromatic heterocycles. The molecule has 4 fully saturated rings. The highest BCUT2D eigenvalue weighted by Crippen LogP contribution is 2.61. The lowest BCUT2D eigenvalue weighted by Crippen LogP contribution is -2.59. The summed E-state index contributed by atoms with van der Waals surface area (Å²) in [5, 5.41) is 14.6. The average molecular weight is 600 g/mol. The van der Waals surface area contributed by atoms with E-state index in [1.807, 2.05) is 6.07 Å². The predicted octanol–water partition coefficient (Wildman–Crippen LogP) is 7.44. The minimum absolute atomic E-state index is 0.000274. The fraction of sp³-hybridized carbons (Fsp3) is 0.438. The molecule has 3 aromatic carbocycles. The molecular formula is C32H32F3NO5S. The molecule has 0 spiro atoms. The number of alkyl halides is 3. The number of carbonyl (C=O) groups is 2. The standard InChI is InChI=1S/C32H32F3NO5S/c1-40-23-5-9-25-22(13-23)4-8-26(27(25)41-17-18-2-6-24(7-3-18)42-32(33,34)35)29(37)36-28(30(38)39)31-14-19-10-20(15-31)12-21(11-19)16-31/h2-9,13,19-21,28H,10-12,14-17H2,1H3,(H,36,37)(H,38,39). The van der Waals surface area contributed by atoms with Crippen molar-refractivity contribution in [1.82, 2.24) is 5.32 Å². The molecule has 0 aliphatic heterocycles. The van der Waals surface area contributed by atoms with E-state index in [9.17, 15) is 27.9 Å². The lowest BCUT2D eigenvalue weighted by molar-refractivity contribution is -0.150. The fourth-order valence-electron chi connectivity index (χ4n) is 7.90. The van der Waals surface area contributed by atoms with Crippen LogP contribution in [0.2, 0.25) is 0 Å². The zero-order chi connectivity index (χ0) is 29.6. The van der Waals surface area contributed by atoms with Gasteiger partial charge in [-0.25, -0.2) is 4.79 Å². The van der Waals surface area contributed by atoms with Crippen LogP contribution in [0.15, 0.2) is 59.5 Å². The van der Waals surface area contributed by atoms with E-state index in [0.29, 0.717) is 34.5 Å². The monoisotopic (exact) mass is 599 g/mol. The molecule has 1 unspecified atom stereocenters. The Morgan fingerprint density at radius 2 is 1.64 bits per heavy atom. The first-order valence-corrected chi connectivity index (χ1v) is 15.0. The normalized spacial score (nSPS) is 25.3. The molecule has 4 saturated carbocycles. The highest BCUT2D eigenvalue weighted by Gasteiger charge is 2.56. The summed E-state index contributed by atoms with van der Waals surface area (Å²) in [6.45, 7) is -0.000274. The molecular weight excluding hydrogens is 567 g/mol. The number of benzene rings is 3. The van der Waals surface area contributed by atoms with Crippen LogP contribution in [0.5, 0.6) is 11.5 Å². The van der Waals surface area contributed by atoms with E-state index < -0.39 is 28.8 Å². The molecule has 3 aromatic rings. The summed E-state index contributed by atoms with van der Waals surface area (Å²) in [5.74, 6) is 0.909. The van der Waals surface area contributed by atoms with Crippen molar-refractivity contribution < 1.29 is 37.3 Å². The van der Waals surface area contributed by atoms with Gasteiger partial charge in [0.1, 0.15) is 24.1 Å². The number of fused-ring (bicyclic) bond motifs is 1. The minimum atomic E-state index is -4.38. The van der Waals surface area contributed by atoms with Gasteiger partial charge in [-0.3, -0.25) is 4.79 Å². The summed E-state index contributed by atoms with van der Waals surface area (Å²) in [6.07, 6.45) is 5.92. The first-order valence-electron chi connectivity index (χ1n) is 14.1. The number of halogens is 3. The molecule has 1 amide bonds. The lowest BCUT2D eigenvalue weighted by Gasteiger charge is -2.58. The number of methoxy groups -OCH3 is 1. The predicted molar refractivity (Wildman–Crippen MR) is 153 cm³/mol. The van der Waals surface area contributed by atoms with E-state index in [-0.39, 0.29) is 34.6 Å². The number of amides is 1. The molecule has 10 heteroatoms. The van der Waals surface area contributed by atoms with E-state index in [0.717, 1.165) is 43.9 Å². The molecule has 0 radical (unpaired) electrons. The first-order chi connectivity index (χ1) is 20.0.